The van der Waals surface area contributed by atoms with Crippen molar-refractivity contribution in [1.82, 2.24) is 0 Å². The predicted octanol–water partition coefficient (Wildman–Crippen LogP) is 3.69. The monoisotopic (exact) mass is 352 g/mol. The second-order valence-corrected chi connectivity index (χ2v) is 6.49. The molecule has 0 saturated carbocycles. The molecule has 2 aromatic heterocycles. The number of hydrogen-bond acceptors (Lipinski definition) is 1. The molecule has 0 fully saturated rings. The van der Waals surface area contributed by atoms with E-state index in [4.69, 9.17) is 0 Å². The number of aryl methyl sites for hydroxylation is 1. The lowest BCUT2D eigenvalue weighted by Gasteiger charge is -2.02. The summed E-state index contributed by atoms with van der Waals surface area (Å²) in [5.74, 6) is 0.0414. The molecular formula is C24H20N2O+2. The zero-order valence-electron chi connectivity index (χ0n) is 15.1. The van der Waals surface area contributed by atoms with Gasteiger partial charge in [0.25, 0.3) is 0 Å². The molecule has 3 heteroatoms. The normalized spacial score (nSPS) is 10.6. The van der Waals surface area contributed by atoms with Crippen LogP contribution in [0.15, 0.2) is 104 Å². The summed E-state index contributed by atoms with van der Waals surface area (Å²) >= 11 is 0. The maximum Gasteiger partial charge on any atom is 0.210 e. The minimum Gasteiger partial charge on any atom is -0.289 e. The van der Waals surface area contributed by atoms with Gasteiger partial charge in [-0.15, -0.1) is 0 Å². The summed E-state index contributed by atoms with van der Waals surface area (Å²) in [5, 5.41) is 0. The van der Waals surface area contributed by atoms with E-state index in [-0.39, 0.29) is 5.78 Å². The van der Waals surface area contributed by atoms with Crippen LogP contribution in [0.3, 0.4) is 0 Å². The molecule has 0 aliphatic rings. The highest BCUT2D eigenvalue weighted by atomic mass is 16.1. The summed E-state index contributed by atoms with van der Waals surface area (Å²) in [6, 6.07) is 25.4. The van der Waals surface area contributed by atoms with Gasteiger partial charge >= 0.3 is 0 Å². The van der Waals surface area contributed by atoms with Gasteiger partial charge < -0.3 is 0 Å². The molecule has 130 valence electrons. The topological polar surface area (TPSA) is 24.8 Å². The van der Waals surface area contributed by atoms with Crippen LogP contribution in [0.1, 0.15) is 15.9 Å². The molecule has 0 N–H and O–H groups in total. The first-order valence-corrected chi connectivity index (χ1v) is 8.88. The van der Waals surface area contributed by atoms with Gasteiger partial charge in [-0.05, 0) is 23.3 Å². The first-order valence-electron chi connectivity index (χ1n) is 8.88. The predicted molar refractivity (Wildman–Crippen MR) is 104 cm³/mol. The number of ketones is 1. The van der Waals surface area contributed by atoms with Gasteiger partial charge in [-0.1, -0.05) is 30.3 Å². The number of aromatic nitrogens is 2. The molecule has 0 bridgehead atoms. The Hall–Kier alpha value is -3.59. The Kier molecular flexibility index (Phi) is 4.58. The number of hydrogen-bond donors (Lipinski definition) is 0. The van der Waals surface area contributed by atoms with Crippen LogP contribution < -0.4 is 9.13 Å². The van der Waals surface area contributed by atoms with Gasteiger partial charge in [-0.2, -0.15) is 4.57 Å². The van der Waals surface area contributed by atoms with Crippen LogP contribution in [0.2, 0.25) is 0 Å². The van der Waals surface area contributed by atoms with Gasteiger partial charge in [0, 0.05) is 47.5 Å². The number of nitrogens with zero attached hydrogens (tertiary/aromatic N) is 2. The van der Waals surface area contributed by atoms with Crippen LogP contribution in [0.25, 0.3) is 16.8 Å². The number of benzene rings is 2. The van der Waals surface area contributed by atoms with Crippen LogP contribution in [0.5, 0.6) is 0 Å². The highest BCUT2D eigenvalue weighted by Gasteiger charge is 2.11. The fourth-order valence-corrected chi connectivity index (χ4v) is 3.03. The van der Waals surface area contributed by atoms with Crippen molar-refractivity contribution in [2.75, 3.05) is 0 Å². The van der Waals surface area contributed by atoms with Crippen molar-refractivity contribution >= 4 is 5.78 Å². The molecule has 3 nitrogen and oxygen atoms in total. The fraction of sp³-hybridized carbons (Fsp3) is 0.0417. The summed E-state index contributed by atoms with van der Waals surface area (Å²) in [6.07, 6.45) is 8.16. The van der Waals surface area contributed by atoms with E-state index >= 15 is 0 Å². The van der Waals surface area contributed by atoms with Crippen molar-refractivity contribution in [3.63, 3.8) is 0 Å². The van der Waals surface area contributed by atoms with Crippen molar-refractivity contribution in [2.24, 2.45) is 7.05 Å². The molecule has 27 heavy (non-hydrogen) atoms. The Labute approximate surface area is 158 Å². The molecule has 0 unspecified atom stereocenters. The number of carbonyl (C=O) groups is 1. The van der Waals surface area contributed by atoms with Gasteiger partial charge in [0.05, 0.1) is 0 Å². The molecule has 2 heterocycles. The van der Waals surface area contributed by atoms with Crippen molar-refractivity contribution in [1.29, 1.82) is 0 Å². The van der Waals surface area contributed by atoms with E-state index in [1.165, 1.54) is 11.1 Å². The first kappa shape index (κ1) is 16.9. The third kappa shape index (κ3) is 3.67. The average molecular weight is 352 g/mol. The zero-order chi connectivity index (χ0) is 18.6. The Balaban J connectivity index is 1.55. The van der Waals surface area contributed by atoms with E-state index in [1.54, 1.807) is 0 Å². The quantitative estimate of drug-likeness (QED) is 0.406. The third-order valence-electron chi connectivity index (χ3n) is 4.60. The smallest absolute Gasteiger partial charge is 0.210 e. The van der Waals surface area contributed by atoms with Gasteiger partial charge in [-0.25, -0.2) is 4.57 Å². The summed E-state index contributed by atoms with van der Waals surface area (Å²) in [7, 11) is 2.01. The highest BCUT2D eigenvalue weighted by molar-refractivity contribution is 6.08. The molecule has 0 amide bonds. The Morgan fingerprint density at radius 1 is 0.630 bits per heavy atom. The van der Waals surface area contributed by atoms with Gasteiger partial charge in [-0.3, -0.25) is 4.79 Å². The number of carbonyl (C=O) groups excluding carboxylic acids is 1. The molecule has 0 atom stereocenters. The van der Waals surface area contributed by atoms with E-state index < -0.39 is 0 Å². The van der Waals surface area contributed by atoms with Gasteiger partial charge in [0.2, 0.25) is 5.69 Å². The zero-order valence-corrected chi connectivity index (χ0v) is 15.1. The average Bonchev–Trinajstić information content (AvgIpc) is 2.75. The molecular weight excluding hydrogens is 332 g/mol. The molecule has 0 radical (unpaired) electrons. The third-order valence-corrected chi connectivity index (χ3v) is 4.60. The van der Waals surface area contributed by atoms with E-state index in [9.17, 15) is 4.79 Å². The standard InChI is InChI=1S/C24H20N2O/c1-25-15-11-19(12-16-25)20-13-17-26(18-14-20)23-9-7-22(8-10-23)24(27)21-5-3-2-4-6-21/h2-18H,1H3/q+2. The Bertz CT molecular complexity index is 1050. The summed E-state index contributed by atoms with van der Waals surface area (Å²) in [4.78, 5) is 12.5. The lowest BCUT2D eigenvalue weighted by atomic mass is 10.0. The maximum absolute atomic E-state index is 12.5. The molecule has 4 aromatic rings. The number of pyridine rings is 2. The second kappa shape index (κ2) is 7.34. The minimum absolute atomic E-state index is 0.0414. The van der Waals surface area contributed by atoms with Crippen LogP contribution in [0.4, 0.5) is 0 Å². The summed E-state index contributed by atoms with van der Waals surface area (Å²) < 4.78 is 4.06. The summed E-state index contributed by atoms with van der Waals surface area (Å²) in [6.45, 7) is 0. The van der Waals surface area contributed by atoms with Gasteiger partial charge in [0.1, 0.15) is 7.05 Å². The van der Waals surface area contributed by atoms with Crippen molar-refractivity contribution < 1.29 is 13.9 Å². The first-order chi connectivity index (χ1) is 13.2. The van der Waals surface area contributed by atoms with Crippen LogP contribution in [-0.4, -0.2) is 5.78 Å². The van der Waals surface area contributed by atoms with Crippen molar-refractivity contribution in [3.05, 3.63) is 115 Å². The largest absolute Gasteiger partial charge is 0.289 e. The van der Waals surface area contributed by atoms with E-state index in [0.29, 0.717) is 11.1 Å². The number of rotatable bonds is 4. The Morgan fingerprint density at radius 2 is 1.15 bits per heavy atom. The molecule has 2 aromatic carbocycles. The van der Waals surface area contributed by atoms with Crippen molar-refractivity contribution in [3.8, 4) is 16.8 Å². The fourth-order valence-electron chi connectivity index (χ4n) is 3.03. The molecule has 0 aliphatic heterocycles. The molecule has 0 aliphatic carbocycles. The molecule has 4 rings (SSSR count). The minimum atomic E-state index is 0.0414. The maximum atomic E-state index is 12.5. The van der Waals surface area contributed by atoms with Crippen LogP contribution in [0, 0.1) is 0 Å². The van der Waals surface area contributed by atoms with E-state index in [0.717, 1.165) is 5.69 Å². The van der Waals surface area contributed by atoms with Crippen LogP contribution >= 0.6 is 0 Å². The van der Waals surface area contributed by atoms with E-state index in [1.807, 2.05) is 95.6 Å². The molecule has 0 spiro atoms. The van der Waals surface area contributed by atoms with Crippen molar-refractivity contribution in [2.45, 2.75) is 0 Å². The van der Waals surface area contributed by atoms with Gasteiger partial charge in [0.15, 0.2) is 30.6 Å². The second-order valence-electron chi connectivity index (χ2n) is 6.49. The highest BCUT2D eigenvalue weighted by Crippen LogP contribution is 2.16. The lowest BCUT2D eigenvalue weighted by Crippen LogP contribution is -2.29. The SMILES string of the molecule is C[n+]1ccc(-c2cc[n+](-c3ccc(C(=O)c4ccccc4)cc3)cc2)cc1. The lowest BCUT2D eigenvalue weighted by molar-refractivity contribution is -0.671. The van der Waals surface area contributed by atoms with E-state index in [2.05, 4.69) is 24.3 Å². The van der Waals surface area contributed by atoms with Crippen LogP contribution in [-0.2, 0) is 7.05 Å². The summed E-state index contributed by atoms with van der Waals surface area (Å²) in [5.41, 5.74) is 4.77. The Morgan fingerprint density at radius 3 is 1.74 bits per heavy atom. The molecule has 0 saturated heterocycles.